The summed E-state index contributed by atoms with van der Waals surface area (Å²) in [6.45, 7) is 0.368. The van der Waals surface area contributed by atoms with E-state index in [4.69, 9.17) is 23.2 Å². The van der Waals surface area contributed by atoms with Gasteiger partial charge in [0.25, 0.3) is 5.91 Å². The Balaban J connectivity index is 1.47. The van der Waals surface area contributed by atoms with Gasteiger partial charge < -0.3 is 9.88 Å². The molecule has 3 aromatic rings. The van der Waals surface area contributed by atoms with Gasteiger partial charge in [-0.1, -0.05) is 46.3 Å². The molecule has 0 saturated carbocycles. The van der Waals surface area contributed by atoms with Crippen molar-refractivity contribution in [2.75, 3.05) is 17.6 Å². The number of aromatic nitrogens is 5. The summed E-state index contributed by atoms with van der Waals surface area (Å²) in [4.78, 5) is 24.1. The Labute approximate surface area is 184 Å². The highest BCUT2D eigenvalue weighted by Crippen LogP contribution is 2.22. The molecule has 2 heterocycles. The van der Waals surface area contributed by atoms with Crippen molar-refractivity contribution in [2.45, 2.75) is 11.6 Å². The van der Waals surface area contributed by atoms with Crippen molar-refractivity contribution in [1.82, 2.24) is 30.3 Å². The lowest BCUT2D eigenvalue weighted by molar-refractivity contribution is -0.113. The van der Waals surface area contributed by atoms with Gasteiger partial charge in [0.2, 0.25) is 11.0 Å². The second kappa shape index (κ2) is 10.0. The Morgan fingerprint density at radius 1 is 1.21 bits per heavy atom. The van der Waals surface area contributed by atoms with E-state index in [2.05, 4.69) is 31.0 Å². The summed E-state index contributed by atoms with van der Waals surface area (Å²) in [6, 6.07) is 4.70. The van der Waals surface area contributed by atoms with Crippen molar-refractivity contribution in [3.63, 3.8) is 0 Å². The lowest BCUT2D eigenvalue weighted by Gasteiger charge is -2.07. The summed E-state index contributed by atoms with van der Waals surface area (Å²) < 4.78 is 1.79. The fraction of sp³-hybridized carbons (Fsp3) is 0.250. The Morgan fingerprint density at radius 2 is 2.03 bits per heavy atom. The number of nitrogens with zero attached hydrogens (tertiary/aromatic N) is 5. The quantitative estimate of drug-likeness (QED) is 0.485. The standard InChI is InChI=1S/C16H15Cl2N7O2S2/c1-25-12(4-5-19-14(27)9-2-3-10(17)11(18)6-9)22-24-16(25)28-7-13(26)21-15-23-20-8-29-15/h2-3,6,8H,4-5,7H2,1H3,(H,19,27)(H,21,23,26). The van der Waals surface area contributed by atoms with E-state index in [0.717, 1.165) is 0 Å². The van der Waals surface area contributed by atoms with Crippen molar-refractivity contribution in [1.29, 1.82) is 0 Å². The Bertz CT molecular complexity index is 1010. The van der Waals surface area contributed by atoms with Gasteiger partial charge in [0.1, 0.15) is 11.3 Å². The Hall–Kier alpha value is -2.21. The van der Waals surface area contributed by atoms with Crippen LogP contribution in [0.1, 0.15) is 16.2 Å². The van der Waals surface area contributed by atoms with Crippen molar-refractivity contribution < 1.29 is 9.59 Å². The van der Waals surface area contributed by atoms with E-state index in [-0.39, 0.29) is 17.6 Å². The average molecular weight is 472 g/mol. The number of halogens is 2. The van der Waals surface area contributed by atoms with E-state index in [0.29, 0.717) is 44.7 Å². The number of thioether (sulfide) groups is 1. The van der Waals surface area contributed by atoms with Gasteiger partial charge in [-0.15, -0.1) is 20.4 Å². The van der Waals surface area contributed by atoms with E-state index in [1.165, 1.54) is 34.7 Å². The third-order valence-electron chi connectivity index (χ3n) is 3.68. The predicted octanol–water partition coefficient (Wildman–Crippen LogP) is 2.68. The monoisotopic (exact) mass is 471 g/mol. The van der Waals surface area contributed by atoms with Gasteiger partial charge in [0.15, 0.2) is 5.16 Å². The first-order valence-corrected chi connectivity index (χ1v) is 10.9. The van der Waals surface area contributed by atoms with Crippen molar-refractivity contribution in [3.8, 4) is 0 Å². The number of nitrogens with one attached hydrogen (secondary N) is 2. The summed E-state index contributed by atoms with van der Waals surface area (Å²) in [6.07, 6.45) is 0.480. The number of rotatable bonds is 8. The van der Waals surface area contributed by atoms with Gasteiger partial charge in [0, 0.05) is 25.6 Å². The molecule has 1 aromatic carbocycles. The Kier molecular flexibility index (Phi) is 7.42. The number of carbonyl (C=O) groups excluding carboxylic acids is 2. The van der Waals surface area contributed by atoms with Crippen LogP contribution < -0.4 is 10.6 Å². The van der Waals surface area contributed by atoms with Crippen LogP contribution in [0.25, 0.3) is 0 Å². The van der Waals surface area contributed by atoms with Gasteiger partial charge in [-0.25, -0.2) is 0 Å². The number of hydrogen-bond donors (Lipinski definition) is 2. The molecule has 0 aliphatic carbocycles. The molecule has 2 amide bonds. The summed E-state index contributed by atoms with van der Waals surface area (Å²) in [5.74, 6) is 0.393. The molecule has 0 spiro atoms. The third-order valence-corrected chi connectivity index (χ3v) is 6.05. The molecule has 0 aliphatic rings. The van der Waals surface area contributed by atoms with Crippen LogP contribution in [-0.2, 0) is 18.3 Å². The molecule has 0 atom stereocenters. The molecule has 2 aromatic heterocycles. The largest absolute Gasteiger partial charge is 0.352 e. The normalized spacial score (nSPS) is 10.7. The predicted molar refractivity (Wildman–Crippen MR) is 113 cm³/mol. The fourth-order valence-electron chi connectivity index (χ4n) is 2.23. The maximum Gasteiger partial charge on any atom is 0.251 e. The zero-order chi connectivity index (χ0) is 20.8. The SMILES string of the molecule is Cn1c(CCNC(=O)c2ccc(Cl)c(Cl)c2)nnc1SCC(=O)Nc1nncs1. The van der Waals surface area contributed by atoms with E-state index in [1.807, 2.05) is 0 Å². The van der Waals surface area contributed by atoms with E-state index < -0.39 is 0 Å². The van der Waals surface area contributed by atoms with Crippen LogP contribution >= 0.6 is 46.3 Å². The van der Waals surface area contributed by atoms with Gasteiger partial charge >= 0.3 is 0 Å². The highest BCUT2D eigenvalue weighted by Gasteiger charge is 2.13. The minimum Gasteiger partial charge on any atom is -0.352 e. The lowest BCUT2D eigenvalue weighted by Crippen LogP contribution is -2.26. The number of carbonyl (C=O) groups is 2. The first-order chi connectivity index (χ1) is 13.9. The molecule has 0 unspecified atom stereocenters. The van der Waals surface area contributed by atoms with Crippen LogP contribution in [0.5, 0.6) is 0 Å². The summed E-state index contributed by atoms with van der Waals surface area (Å²) >= 11 is 14.3. The maximum atomic E-state index is 12.2. The highest BCUT2D eigenvalue weighted by molar-refractivity contribution is 7.99. The van der Waals surface area contributed by atoms with Crippen LogP contribution in [0.4, 0.5) is 5.13 Å². The van der Waals surface area contributed by atoms with Crippen LogP contribution in [0.15, 0.2) is 28.9 Å². The highest BCUT2D eigenvalue weighted by atomic mass is 35.5. The fourth-order valence-corrected chi connectivity index (χ4v) is 3.72. The zero-order valence-corrected chi connectivity index (χ0v) is 18.2. The molecule has 0 bridgehead atoms. The first-order valence-electron chi connectivity index (χ1n) is 8.24. The summed E-state index contributed by atoms with van der Waals surface area (Å²) in [5.41, 5.74) is 1.97. The molecule has 0 fully saturated rings. The molecular weight excluding hydrogens is 457 g/mol. The molecule has 3 rings (SSSR count). The second-order valence-corrected chi connectivity index (χ2v) is 8.26. The van der Waals surface area contributed by atoms with Gasteiger partial charge in [-0.2, -0.15) is 0 Å². The zero-order valence-electron chi connectivity index (χ0n) is 15.1. The van der Waals surface area contributed by atoms with Crippen LogP contribution in [-0.4, -0.2) is 49.1 Å². The van der Waals surface area contributed by atoms with Crippen LogP contribution in [0, 0.1) is 0 Å². The number of amides is 2. The number of anilines is 1. The molecular formula is C16H15Cl2N7O2S2. The topological polar surface area (TPSA) is 115 Å². The van der Waals surface area contributed by atoms with Gasteiger partial charge in [-0.05, 0) is 18.2 Å². The lowest BCUT2D eigenvalue weighted by atomic mass is 10.2. The molecule has 152 valence electrons. The van der Waals surface area contributed by atoms with Crippen LogP contribution in [0.3, 0.4) is 0 Å². The molecule has 9 nitrogen and oxygen atoms in total. The minimum atomic E-state index is -0.256. The molecule has 29 heavy (non-hydrogen) atoms. The van der Waals surface area contributed by atoms with Crippen LogP contribution in [0.2, 0.25) is 10.0 Å². The first kappa shape index (κ1) is 21.5. The van der Waals surface area contributed by atoms with E-state index >= 15 is 0 Å². The average Bonchev–Trinajstić information content (AvgIpc) is 3.32. The molecule has 2 N–H and O–H groups in total. The van der Waals surface area contributed by atoms with E-state index in [9.17, 15) is 9.59 Å². The molecule has 0 radical (unpaired) electrons. The maximum absolute atomic E-state index is 12.2. The molecule has 0 aliphatic heterocycles. The van der Waals surface area contributed by atoms with Crippen molar-refractivity contribution in [2.24, 2.45) is 7.05 Å². The Morgan fingerprint density at radius 3 is 2.76 bits per heavy atom. The van der Waals surface area contributed by atoms with Crippen molar-refractivity contribution >= 4 is 63.2 Å². The van der Waals surface area contributed by atoms with Gasteiger partial charge in [-0.3, -0.25) is 14.9 Å². The number of hydrogen-bond acceptors (Lipinski definition) is 8. The smallest absolute Gasteiger partial charge is 0.251 e. The van der Waals surface area contributed by atoms with Crippen molar-refractivity contribution in [3.05, 3.63) is 45.1 Å². The van der Waals surface area contributed by atoms with E-state index in [1.54, 1.807) is 23.7 Å². The van der Waals surface area contributed by atoms with Gasteiger partial charge in [0.05, 0.1) is 15.8 Å². The molecule has 13 heteroatoms. The number of benzene rings is 1. The minimum absolute atomic E-state index is 0.166. The summed E-state index contributed by atoms with van der Waals surface area (Å²) in [7, 11) is 1.81. The molecule has 0 saturated heterocycles. The summed E-state index contributed by atoms with van der Waals surface area (Å²) in [5, 5.41) is 22.8. The third kappa shape index (κ3) is 5.89. The second-order valence-electron chi connectivity index (χ2n) is 5.67.